The summed E-state index contributed by atoms with van der Waals surface area (Å²) in [7, 11) is 0. The van der Waals surface area contributed by atoms with E-state index in [2.05, 4.69) is 21.2 Å². The van der Waals surface area contributed by atoms with Gasteiger partial charge in [-0.1, -0.05) is 51.8 Å². The topological polar surface area (TPSA) is 66.5 Å². The lowest BCUT2D eigenvalue weighted by molar-refractivity contribution is -0.130. The molecule has 3 amide bonds. The van der Waals surface area contributed by atoms with Crippen molar-refractivity contribution in [3.05, 3.63) is 69.2 Å². The molecule has 0 bridgehead atoms. The van der Waals surface area contributed by atoms with Gasteiger partial charge in [0, 0.05) is 15.6 Å². The smallest absolute Gasteiger partial charge is 0.319 e. The monoisotopic (exact) mass is 414 g/mol. The Bertz CT molecular complexity index is 925. The van der Waals surface area contributed by atoms with E-state index in [-0.39, 0.29) is 12.3 Å². The van der Waals surface area contributed by atoms with Crippen LogP contribution in [0.3, 0.4) is 0 Å². The average Bonchev–Trinajstić information content (AvgIpc) is 2.81. The number of hydrogen-bond acceptors (Lipinski definition) is 3. The van der Waals surface area contributed by atoms with E-state index >= 15 is 0 Å². The molecule has 1 saturated heterocycles. The number of nitrogens with one attached hydrogen (secondary N) is 1. The normalized spacial score (nSPS) is 19.6. The number of ketones is 1. The fraction of sp³-hybridized carbons (Fsp3) is 0.250. The molecule has 1 atom stereocenters. The van der Waals surface area contributed by atoms with E-state index in [1.165, 1.54) is 0 Å². The third-order valence-electron chi connectivity index (χ3n) is 4.68. The van der Waals surface area contributed by atoms with Gasteiger partial charge in [0.15, 0.2) is 5.78 Å². The summed E-state index contributed by atoms with van der Waals surface area (Å²) in [6.45, 7) is 5.10. The van der Waals surface area contributed by atoms with Crippen molar-refractivity contribution < 1.29 is 14.4 Å². The molecule has 1 N–H and O–H groups in total. The van der Waals surface area contributed by atoms with Crippen LogP contribution in [0.25, 0.3) is 0 Å². The highest BCUT2D eigenvalue weighted by molar-refractivity contribution is 9.10. The highest BCUT2D eigenvalue weighted by Crippen LogP contribution is 2.33. The van der Waals surface area contributed by atoms with E-state index in [9.17, 15) is 14.4 Å². The Morgan fingerprint density at radius 1 is 1.15 bits per heavy atom. The number of nitrogens with zero attached hydrogens (tertiary/aromatic N) is 1. The SMILES string of the molecule is Cc1ccc(C)c(C(=O)CN2C(=O)N[C@](C)(c3ccccc3Br)C2=O)c1. The standard InChI is InChI=1S/C20H19BrN2O3/c1-12-8-9-13(2)14(10-12)17(24)11-23-18(25)20(3,22-19(23)26)15-6-4-5-7-16(15)21/h4-10H,11H2,1-3H3,(H,22,26)/t20-/m1/s1. The molecule has 0 aromatic heterocycles. The number of Topliss-reactive ketones (excluding diaryl/α,β-unsaturated/α-hetero) is 1. The zero-order chi connectivity index (χ0) is 19.1. The summed E-state index contributed by atoms with van der Waals surface area (Å²) in [5.74, 6) is -0.695. The summed E-state index contributed by atoms with van der Waals surface area (Å²) < 4.78 is 0.721. The van der Waals surface area contributed by atoms with Crippen LogP contribution in [0.5, 0.6) is 0 Å². The number of carbonyl (C=O) groups excluding carboxylic acids is 3. The van der Waals surface area contributed by atoms with Crippen LogP contribution in [0.2, 0.25) is 0 Å². The van der Waals surface area contributed by atoms with E-state index in [0.29, 0.717) is 11.1 Å². The summed E-state index contributed by atoms with van der Waals surface area (Å²) >= 11 is 3.42. The van der Waals surface area contributed by atoms with Crippen LogP contribution in [-0.4, -0.2) is 29.2 Å². The van der Waals surface area contributed by atoms with Crippen LogP contribution >= 0.6 is 15.9 Å². The quantitative estimate of drug-likeness (QED) is 0.612. The van der Waals surface area contributed by atoms with Gasteiger partial charge in [-0.05, 0) is 38.5 Å². The number of hydrogen-bond donors (Lipinski definition) is 1. The molecule has 2 aromatic carbocycles. The van der Waals surface area contributed by atoms with Crippen molar-refractivity contribution in [2.75, 3.05) is 6.54 Å². The Morgan fingerprint density at radius 3 is 2.54 bits per heavy atom. The number of aryl methyl sites for hydroxylation is 2. The molecule has 0 unspecified atom stereocenters. The molecule has 134 valence electrons. The first-order valence-corrected chi connectivity index (χ1v) is 9.03. The van der Waals surface area contributed by atoms with Gasteiger partial charge in [0.2, 0.25) is 0 Å². The number of carbonyl (C=O) groups is 3. The predicted molar refractivity (Wildman–Crippen MR) is 102 cm³/mol. The highest BCUT2D eigenvalue weighted by Gasteiger charge is 2.50. The van der Waals surface area contributed by atoms with Crippen LogP contribution in [0.4, 0.5) is 4.79 Å². The fourth-order valence-corrected chi connectivity index (χ4v) is 3.84. The fourth-order valence-electron chi connectivity index (χ4n) is 3.15. The van der Waals surface area contributed by atoms with Crippen molar-refractivity contribution in [3.8, 4) is 0 Å². The van der Waals surface area contributed by atoms with Gasteiger partial charge in [0.05, 0.1) is 6.54 Å². The Hall–Kier alpha value is -2.47. The molecule has 1 fully saturated rings. The number of benzene rings is 2. The van der Waals surface area contributed by atoms with Gasteiger partial charge < -0.3 is 5.32 Å². The molecule has 26 heavy (non-hydrogen) atoms. The summed E-state index contributed by atoms with van der Waals surface area (Å²) in [6.07, 6.45) is 0. The molecule has 0 aliphatic carbocycles. The van der Waals surface area contributed by atoms with Crippen LogP contribution in [0.1, 0.15) is 34.0 Å². The summed E-state index contributed by atoms with van der Waals surface area (Å²) in [4.78, 5) is 39.1. The van der Waals surface area contributed by atoms with Crippen molar-refractivity contribution in [1.82, 2.24) is 10.2 Å². The van der Waals surface area contributed by atoms with Crippen molar-refractivity contribution in [3.63, 3.8) is 0 Å². The van der Waals surface area contributed by atoms with E-state index in [1.807, 2.05) is 38.1 Å². The number of imide groups is 1. The van der Waals surface area contributed by atoms with Gasteiger partial charge in [0.25, 0.3) is 5.91 Å². The molecular weight excluding hydrogens is 396 g/mol. The van der Waals surface area contributed by atoms with E-state index in [1.54, 1.807) is 25.1 Å². The van der Waals surface area contributed by atoms with E-state index in [4.69, 9.17) is 0 Å². The van der Waals surface area contributed by atoms with Gasteiger partial charge in [-0.25, -0.2) is 4.79 Å². The zero-order valence-electron chi connectivity index (χ0n) is 14.8. The van der Waals surface area contributed by atoms with Gasteiger partial charge in [-0.15, -0.1) is 0 Å². The molecule has 1 aliphatic rings. The first-order chi connectivity index (χ1) is 12.2. The minimum atomic E-state index is -1.21. The first kappa shape index (κ1) is 18.3. The largest absolute Gasteiger partial charge is 0.325 e. The number of rotatable bonds is 4. The Kier molecular flexibility index (Phi) is 4.71. The van der Waals surface area contributed by atoms with Gasteiger partial charge in [-0.3, -0.25) is 14.5 Å². The van der Waals surface area contributed by atoms with Crippen LogP contribution < -0.4 is 5.32 Å². The molecule has 0 radical (unpaired) electrons. The Morgan fingerprint density at radius 2 is 1.85 bits per heavy atom. The molecule has 3 rings (SSSR count). The third-order valence-corrected chi connectivity index (χ3v) is 5.37. The molecule has 2 aromatic rings. The summed E-state index contributed by atoms with van der Waals surface area (Å²) in [6, 6.07) is 12.2. The predicted octanol–water partition coefficient (Wildman–Crippen LogP) is 3.72. The maximum atomic E-state index is 13.0. The summed E-state index contributed by atoms with van der Waals surface area (Å²) in [5.41, 5.74) is 1.74. The molecule has 6 heteroatoms. The van der Waals surface area contributed by atoms with Crippen molar-refractivity contribution in [2.24, 2.45) is 0 Å². The van der Waals surface area contributed by atoms with Crippen molar-refractivity contribution >= 4 is 33.7 Å². The lowest BCUT2D eigenvalue weighted by Crippen LogP contribution is -2.41. The molecular formula is C20H19BrN2O3. The second kappa shape index (κ2) is 6.68. The third kappa shape index (κ3) is 3.05. The van der Waals surface area contributed by atoms with E-state index in [0.717, 1.165) is 20.5 Å². The van der Waals surface area contributed by atoms with E-state index < -0.39 is 17.5 Å². The molecule has 1 aliphatic heterocycles. The second-order valence-corrected chi connectivity index (χ2v) is 7.52. The minimum Gasteiger partial charge on any atom is -0.319 e. The zero-order valence-corrected chi connectivity index (χ0v) is 16.4. The van der Waals surface area contributed by atoms with Gasteiger partial charge in [0.1, 0.15) is 5.54 Å². The molecule has 0 saturated carbocycles. The van der Waals surface area contributed by atoms with Gasteiger partial charge in [-0.2, -0.15) is 0 Å². The number of urea groups is 1. The average molecular weight is 415 g/mol. The lowest BCUT2D eigenvalue weighted by atomic mass is 9.92. The Balaban J connectivity index is 1.89. The van der Waals surface area contributed by atoms with Crippen LogP contribution in [0, 0.1) is 13.8 Å². The maximum Gasteiger partial charge on any atom is 0.325 e. The number of amides is 3. The molecule has 0 spiro atoms. The summed E-state index contributed by atoms with van der Waals surface area (Å²) in [5, 5.41) is 2.73. The lowest BCUT2D eigenvalue weighted by Gasteiger charge is -2.23. The van der Waals surface area contributed by atoms with Crippen LogP contribution in [-0.2, 0) is 10.3 Å². The molecule has 5 nitrogen and oxygen atoms in total. The maximum absolute atomic E-state index is 13.0. The second-order valence-electron chi connectivity index (χ2n) is 6.67. The van der Waals surface area contributed by atoms with Gasteiger partial charge >= 0.3 is 6.03 Å². The number of halogens is 1. The van der Waals surface area contributed by atoms with Crippen molar-refractivity contribution in [2.45, 2.75) is 26.3 Å². The highest BCUT2D eigenvalue weighted by atomic mass is 79.9. The Labute approximate surface area is 160 Å². The minimum absolute atomic E-state index is 0.258. The first-order valence-electron chi connectivity index (χ1n) is 8.23. The van der Waals surface area contributed by atoms with Crippen molar-refractivity contribution in [1.29, 1.82) is 0 Å². The van der Waals surface area contributed by atoms with Crippen LogP contribution in [0.15, 0.2) is 46.9 Å². The molecule has 1 heterocycles.